The van der Waals surface area contributed by atoms with Crippen molar-refractivity contribution in [1.29, 1.82) is 0 Å². The van der Waals surface area contributed by atoms with Gasteiger partial charge in [0.25, 0.3) is 0 Å². The Bertz CT molecular complexity index is 2790. The molecule has 1 unspecified atom stereocenters. The fourth-order valence-corrected chi connectivity index (χ4v) is 13.4. The third kappa shape index (κ3) is 10.5. The van der Waals surface area contributed by atoms with Crippen molar-refractivity contribution >= 4 is 71.9 Å². The molecule has 4 aromatic rings. The summed E-state index contributed by atoms with van der Waals surface area (Å²) in [6, 6.07) is 11.3. The molecule has 1 saturated heterocycles. The number of H-pyrrole nitrogens is 1. The number of hydrogen-bond donors (Lipinski definition) is 3. The number of sulfonamides is 2. The largest absolute Gasteiger partial charge is 0.497 e. The molecule has 69 heavy (non-hydrogen) atoms. The van der Waals surface area contributed by atoms with E-state index in [1.807, 2.05) is 12.1 Å². The molecule has 2 fully saturated rings. The van der Waals surface area contributed by atoms with Gasteiger partial charge in [0, 0.05) is 55.7 Å². The third-order valence-electron chi connectivity index (χ3n) is 13.1. The number of rotatable bonds is 12. The maximum Gasteiger partial charge on any atom is 0.397 e. The standard InChI is InChI=1S/C33H40N2O9.C11H13ClF3N3O4S3/c1-38-19-7-8-20-21-9-10-35-16-18-13-27(44-32(36)17-11-25(39-2)30(41-4)26(12-17)40-3)31(42-5)28(33(37)43-6)22(18)15-24(35)29(21)34-23(20)14-19;1-18-10(4-23-5-11(13,14)15)17-7-2-6(12)8(24(16,19)20)3-9(7)25(18,21)22/h7-8,11-12,14,18,22,24,27-28,31,34H,9-10,13,15-16H2,1-6H3;2-3,10,17H,4-5H2,1H3,(H2,16,19,20)/t18-,22+,24-,27-,28+,31+;/m1./s1. The van der Waals surface area contributed by atoms with Crippen molar-refractivity contribution in [3.63, 3.8) is 0 Å². The molecule has 4 aliphatic rings. The number of esters is 2. The van der Waals surface area contributed by atoms with Crippen LogP contribution < -0.4 is 29.4 Å². The Hall–Kier alpha value is -4.69. The topological polar surface area (TPSA) is 227 Å². The summed E-state index contributed by atoms with van der Waals surface area (Å²) in [5, 5.41) is 8.66. The lowest BCUT2D eigenvalue weighted by Gasteiger charge is -2.52. The van der Waals surface area contributed by atoms with Gasteiger partial charge in [-0.1, -0.05) is 11.6 Å². The van der Waals surface area contributed by atoms with Crippen LogP contribution in [-0.2, 0) is 45.5 Å². The number of methoxy groups -OCH3 is 6. The SMILES string of the molecule is CN1C(CSCC(F)(F)F)Nc2cc(Cl)c(S(N)(=O)=O)cc2S1(=O)=O.COC(=O)[C@H]1[C@H]2C[C@@H]3c4[nH]c5cc(OC)ccc5c4CCN3C[C@H]2C[C@@H](OC(=O)c2cc(OC)c(OC)c(OC)c2)[C@@H]1OC. The number of thioether (sulfide) groups is 1. The zero-order chi connectivity index (χ0) is 50.3. The lowest BCUT2D eigenvalue weighted by Crippen LogP contribution is -2.58. The third-order valence-corrected chi connectivity index (χ3v) is 17.4. The molecule has 4 heterocycles. The van der Waals surface area contributed by atoms with Gasteiger partial charge in [-0.2, -0.15) is 17.5 Å². The van der Waals surface area contributed by atoms with Gasteiger partial charge in [-0.3, -0.25) is 9.69 Å². The smallest absolute Gasteiger partial charge is 0.397 e. The number of halogens is 4. The molecule has 1 saturated carbocycles. The normalized spacial score (nSPS) is 24.2. The highest BCUT2D eigenvalue weighted by atomic mass is 35.5. The number of nitrogens with zero attached hydrogens (tertiary/aromatic N) is 2. The van der Waals surface area contributed by atoms with Crippen molar-refractivity contribution in [1.82, 2.24) is 14.2 Å². The number of carbonyl (C=O) groups is 2. The number of alkyl halides is 3. The van der Waals surface area contributed by atoms with E-state index in [1.54, 1.807) is 26.4 Å². The summed E-state index contributed by atoms with van der Waals surface area (Å²) in [4.78, 5) is 32.2. The van der Waals surface area contributed by atoms with Gasteiger partial charge in [0.15, 0.2) is 11.5 Å². The van der Waals surface area contributed by atoms with E-state index in [0.29, 0.717) is 35.4 Å². The summed E-state index contributed by atoms with van der Waals surface area (Å²) < 4.78 is 125. The number of nitrogens with one attached hydrogen (secondary N) is 2. The van der Waals surface area contributed by atoms with Crippen LogP contribution in [0.15, 0.2) is 52.3 Å². The summed E-state index contributed by atoms with van der Waals surface area (Å²) in [7, 11) is 1.89. The van der Waals surface area contributed by atoms with E-state index in [4.69, 9.17) is 49.9 Å². The lowest BCUT2D eigenvalue weighted by atomic mass is 9.63. The number of fused-ring (bicyclic) bond motifs is 7. The second kappa shape index (κ2) is 20.6. The molecule has 0 amide bonds. The maximum atomic E-state index is 13.5. The highest BCUT2D eigenvalue weighted by molar-refractivity contribution is 7.99. The van der Waals surface area contributed by atoms with E-state index in [0.717, 1.165) is 53.6 Å². The van der Waals surface area contributed by atoms with Crippen LogP contribution in [-0.4, -0.2) is 142 Å². The number of anilines is 1. The van der Waals surface area contributed by atoms with Gasteiger partial charge in [-0.05, 0) is 73.1 Å². The molecule has 7 atom stereocenters. The van der Waals surface area contributed by atoms with Crippen molar-refractivity contribution < 1.29 is 72.8 Å². The Labute approximate surface area is 406 Å². The molecule has 0 spiro atoms. The Morgan fingerprint density at radius 3 is 2.26 bits per heavy atom. The summed E-state index contributed by atoms with van der Waals surface area (Å²) in [5.74, 6) is -0.865. The summed E-state index contributed by atoms with van der Waals surface area (Å²) in [6.45, 7) is 1.68. The minimum absolute atomic E-state index is 0.00638. The van der Waals surface area contributed by atoms with Gasteiger partial charge in [-0.25, -0.2) is 26.8 Å². The van der Waals surface area contributed by atoms with E-state index >= 15 is 0 Å². The van der Waals surface area contributed by atoms with Crippen molar-refractivity contribution in [2.45, 2.75) is 59.6 Å². The van der Waals surface area contributed by atoms with Crippen LogP contribution in [0.2, 0.25) is 5.02 Å². The Balaban J connectivity index is 0.000000239. The van der Waals surface area contributed by atoms with Crippen LogP contribution in [0, 0.1) is 17.8 Å². The van der Waals surface area contributed by atoms with Crippen LogP contribution in [0.5, 0.6) is 23.0 Å². The van der Waals surface area contributed by atoms with E-state index in [-0.39, 0.29) is 50.8 Å². The minimum Gasteiger partial charge on any atom is -0.497 e. The zero-order valence-electron chi connectivity index (χ0n) is 38.5. The van der Waals surface area contributed by atoms with Gasteiger partial charge in [0.05, 0.1) is 69.5 Å². The van der Waals surface area contributed by atoms with E-state index in [1.165, 1.54) is 52.1 Å². The first-order valence-electron chi connectivity index (χ1n) is 21.4. The van der Waals surface area contributed by atoms with Crippen molar-refractivity contribution in [3.8, 4) is 23.0 Å². The van der Waals surface area contributed by atoms with Crippen LogP contribution in [0.25, 0.3) is 10.9 Å². The quantitative estimate of drug-likeness (QED) is 0.142. The summed E-state index contributed by atoms with van der Waals surface area (Å²) in [5.41, 5.74) is 3.82. The van der Waals surface area contributed by atoms with E-state index in [9.17, 15) is 39.6 Å². The number of aromatic amines is 1. The molecule has 18 nitrogen and oxygen atoms in total. The maximum absolute atomic E-state index is 13.5. The van der Waals surface area contributed by atoms with Gasteiger partial charge in [0.2, 0.25) is 25.8 Å². The Kier molecular flexibility index (Phi) is 15.5. The highest BCUT2D eigenvalue weighted by Crippen LogP contribution is 2.51. The second-order valence-electron chi connectivity index (χ2n) is 16.8. The van der Waals surface area contributed by atoms with Crippen LogP contribution >= 0.6 is 23.4 Å². The number of primary sulfonamides is 1. The number of carbonyl (C=O) groups excluding carboxylic acids is 2. The Morgan fingerprint density at radius 2 is 1.67 bits per heavy atom. The van der Waals surface area contributed by atoms with E-state index in [2.05, 4.69) is 21.3 Å². The molecule has 0 radical (unpaired) electrons. The molecule has 378 valence electrons. The van der Waals surface area contributed by atoms with Gasteiger partial charge in [0.1, 0.15) is 33.9 Å². The molecule has 4 N–H and O–H groups in total. The predicted octanol–water partition coefficient (Wildman–Crippen LogP) is 5.83. The molecule has 25 heteroatoms. The number of aromatic nitrogens is 1. The zero-order valence-corrected chi connectivity index (χ0v) is 41.8. The average Bonchev–Trinajstić information content (AvgIpc) is 3.69. The van der Waals surface area contributed by atoms with Gasteiger partial charge in [-0.15, -0.1) is 11.8 Å². The van der Waals surface area contributed by atoms with Crippen LogP contribution in [0.4, 0.5) is 18.9 Å². The van der Waals surface area contributed by atoms with Crippen molar-refractivity contribution in [3.05, 3.63) is 64.3 Å². The number of piperidine rings is 1. The fourth-order valence-electron chi connectivity index (χ4n) is 9.87. The average molecular weight is 1050 g/mol. The second-order valence-corrected chi connectivity index (χ2v) is 21.8. The first kappa shape index (κ1) is 52.1. The lowest BCUT2D eigenvalue weighted by molar-refractivity contribution is -0.176. The molecule has 3 aliphatic heterocycles. The summed E-state index contributed by atoms with van der Waals surface area (Å²) in [6.07, 6.45) is -4.41. The summed E-state index contributed by atoms with van der Waals surface area (Å²) >= 11 is 6.34. The molecule has 1 aliphatic carbocycles. The number of hydrogen-bond acceptors (Lipinski definition) is 16. The monoisotopic (exact) mass is 1050 g/mol. The molecular weight excluding hydrogens is 995 g/mol. The minimum atomic E-state index is -4.37. The molecular formula is C44H53ClF3N5O13S3. The first-order chi connectivity index (χ1) is 32.6. The molecule has 8 rings (SSSR count). The number of nitrogens with two attached hydrogens (primary N) is 1. The van der Waals surface area contributed by atoms with Crippen molar-refractivity contribution in [2.75, 3.05) is 79.6 Å². The van der Waals surface area contributed by atoms with Gasteiger partial charge < -0.3 is 43.5 Å². The van der Waals surface area contributed by atoms with Gasteiger partial charge >= 0.3 is 18.1 Å². The van der Waals surface area contributed by atoms with Crippen LogP contribution in [0.1, 0.15) is 40.5 Å². The Morgan fingerprint density at radius 1 is 0.971 bits per heavy atom. The molecule has 0 bridgehead atoms. The predicted molar refractivity (Wildman–Crippen MR) is 249 cm³/mol. The first-order valence-corrected chi connectivity index (χ1v) is 25.9. The fraction of sp³-hybridized carbons (Fsp3) is 0.500. The highest BCUT2D eigenvalue weighted by Gasteiger charge is 2.54. The van der Waals surface area contributed by atoms with Crippen molar-refractivity contribution in [2.24, 2.45) is 22.9 Å². The number of ether oxygens (including phenoxy) is 7. The van der Waals surface area contributed by atoms with Crippen LogP contribution in [0.3, 0.4) is 0 Å². The van der Waals surface area contributed by atoms with E-state index < -0.39 is 67.1 Å². The number of benzene rings is 3. The molecule has 3 aromatic carbocycles. The molecule has 1 aromatic heterocycles.